The summed E-state index contributed by atoms with van der Waals surface area (Å²) >= 11 is 11.8. The van der Waals surface area contributed by atoms with Crippen molar-refractivity contribution in [2.45, 2.75) is 6.61 Å². The van der Waals surface area contributed by atoms with Gasteiger partial charge in [0.05, 0.1) is 28.5 Å². The number of esters is 1. The number of pyridine rings is 1. The van der Waals surface area contributed by atoms with E-state index >= 15 is 0 Å². The molecule has 2 heterocycles. The van der Waals surface area contributed by atoms with E-state index in [2.05, 4.69) is 4.98 Å². The van der Waals surface area contributed by atoms with Crippen molar-refractivity contribution in [3.63, 3.8) is 0 Å². The zero-order chi connectivity index (χ0) is 18.8. The second-order valence-corrected chi connectivity index (χ2v) is 6.16. The fourth-order valence-electron chi connectivity index (χ4n) is 2.31. The summed E-state index contributed by atoms with van der Waals surface area (Å²) in [6.07, 6.45) is 1.46. The van der Waals surface area contributed by atoms with Crippen LogP contribution in [0.1, 0.15) is 16.1 Å². The average molecular weight is 394 g/mol. The predicted molar refractivity (Wildman–Crippen MR) is 98.0 cm³/mol. The van der Waals surface area contributed by atoms with E-state index in [9.17, 15) is 9.59 Å². The number of nitrogens with zero attached hydrogens (tertiary/aromatic N) is 2. The van der Waals surface area contributed by atoms with Gasteiger partial charge in [-0.25, -0.2) is 9.78 Å². The summed E-state index contributed by atoms with van der Waals surface area (Å²) in [7, 11) is 1.40. The van der Waals surface area contributed by atoms with E-state index in [1.807, 2.05) is 0 Å². The molecule has 1 aromatic carbocycles. The van der Waals surface area contributed by atoms with Gasteiger partial charge in [0.25, 0.3) is 5.56 Å². The van der Waals surface area contributed by atoms with Crippen LogP contribution >= 0.6 is 23.2 Å². The van der Waals surface area contributed by atoms with Gasteiger partial charge in [-0.2, -0.15) is 0 Å². The molecule has 0 fully saturated rings. The second kappa shape index (κ2) is 7.23. The smallest absolute Gasteiger partial charge is 0.342 e. The fourth-order valence-corrected chi connectivity index (χ4v) is 2.64. The molecule has 3 rings (SSSR count). The van der Waals surface area contributed by atoms with Gasteiger partial charge in [-0.05, 0) is 18.2 Å². The van der Waals surface area contributed by atoms with E-state index in [0.717, 1.165) is 0 Å². The molecule has 0 aliphatic rings. The van der Waals surface area contributed by atoms with Gasteiger partial charge < -0.3 is 15.2 Å². The van der Waals surface area contributed by atoms with E-state index in [4.69, 9.17) is 38.4 Å². The van der Waals surface area contributed by atoms with Crippen molar-refractivity contribution in [1.29, 1.82) is 0 Å². The van der Waals surface area contributed by atoms with E-state index in [1.165, 1.54) is 35.9 Å². The summed E-state index contributed by atoms with van der Waals surface area (Å²) in [4.78, 5) is 28.7. The molecular formula is C17H13Cl2N3O4. The largest absolute Gasteiger partial charge is 0.496 e. The second-order valence-electron chi connectivity index (χ2n) is 5.31. The van der Waals surface area contributed by atoms with E-state index < -0.39 is 5.97 Å². The minimum absolute atomic E-state index is 0.121. The highest BCUT2D eigenvalue weighted by Crippen LogP contribution is 2.29. The summed E-state index contributed by atoms with van der Waals surface area (Å²) < 4.78 is 11.6. The van der Waals surface area contributed by atoms with Crippen molar-refractivity contribution < 1.29 is 14.3 Å². The Morgan fingerprint density at radius 3 is 2.77 bits per heavy atom. The first-order valence-corrected chi connectivity index (χ1v) is 8.12. The monoisotopic (exact) mass is 393 g/mol. The Labute approximate surface area is 157 Å². The maximum absolute atomic E-state index is 12.3. The Morgan fingerprint density at radius 1 is 1.27 bits per heavy atom. The van der Waals surface area contributed by atoms with Crippen molar-refractivity contribution in [2.24, 2.45) is 0 Å². The molecule has 0 spiro atoms. The van der Waals surface area contributed by atoms with Crippen molar-refractivity contribution in [2.75, 3.05) is 12.8 Å². The van der Waals surface area contributed by atoms with Crippen LogP contribution in [0.25, 0.3) is 5.65 Å². The minimum Gasteiger partial charge on any atom is -0.496 e. The molecular weight excluding hydrogens is 381 g/mol. The van der Waals surface area contributed by atoms with E-state index in [1.54, 1.807) is 12.1 Å². The first kappa shape index (κ1) is 18.0. The topological polar surface area (TPSA) is 95.9 Å². The number of hydrogen-bond donors (Lipinski definition) is 1. The fraction of sp³-hybridized carbons (Fsp3) is 0.118. The number of carbonyl (C=O) groups is 1. The van der Waals surface area contributed by atoms with Crippen LogP contribution in [0.3, 0.4) is 0 Å². The molecule has 7 nitrogen and oxygen atoms in total. The zero-order valence-corrected chi connectivity index (χ0v) is 15.0. The minimum atomic E-state index is -0.679. The van der Waals surface area contributed by atoms with Crippen LogP contribution in [0, 0.1) is 0 Å². The summed E-state index contributed by atoms with van der Waals surface area (Å²) in [6.45, 7) is -0.196. The van der Waals surface area contributed by atoms with Gasteiger partial charge in [-0.1, -0.05) is 23.2 Å². The summed E-state index contributed by atoms with van der Waals surface area (Å²) in [5.74, 6) is -0.445. The Kier molecular flexibility index (Phi) is 5.01. The molecule has 9 heteroatoms. The zero-order valence-electron chi connectivity index (χ0n) is 13.5. The number of nitrogens with two attached hydrogens (primary N) is 1. The molecule has 134 valence electrons. The number of ether oxygens (including phenoxy) is 2. The van der Waals surface area contributed by atoms with Gasteiger partial charge in [-0.15, -0.1) is 0 Å². The normalized spacial score (nSPS) is 10.7. The number of nitrogen functional groups attached to an aromatic ring is 1. The molecule has 3 aromatic rings. The number of aromatic nitrogens is 2. The molecule has 0 unspecified atom stereocenters. The van der Waals surface area contributed by atoms with Gasteiger partial charge in [0.1, 0.15) is 23.6 Å². The van der Waals surface area contributed by atoms with Crippen molar-refractivity contribution >= 4 is 40.5 Å². The maximum atomic E-state index is 12.3. The van der Waals surface area contributed by atoms with Crippen molar-refractivity contribution in [3.05, 3.63) is 68.2 Å². The van der Waals surface area contributed by atoms with Crippen molar-refractivity contribution in [1.82, 2.24) is 9.38 Å². The molecule has 0 saturated heterocycles. The molecule has 0 radical (unpaired) electrons. The number of halogens is 2. The Bertz CT molecular complexity index is 1070. The van der Waals surface area contributed by atoms with Crippen LogP contribution in [0.5, 0.6) is 5.75 Å². The van der Waals surface area contributed by atoms with Crippen LogP contribution in [0.4, 0.5) is 5.69 Å². The molecule has 0 aliphatic carbocycles. The highest BCUT2D eigenvalue weighted by atomic mass is 35.5. The van der Waals surface area contributed by atoms with Crippen LogP contribution in [0.15, 0.2) is 41.3 Å². The number of benzene rings is 1. The predicted octanol–water partition coefficient (Wildman–Crippen LogP) is 2.95. The first-order chi connectivity index (χ1) is 12.4. The van der Waals surface area contributed by atoms with Crippen LogP contribution < -0.4 is 16.0 Å². The van der Waals surface area contributed by atoms with Crippen molar-refractivity contribution in [3.8, 4) is 5.75 Å². The standard InChI is InChI=1S/C17H13Cl2N3O4/c1-25-14-6-13(20)12(19)5-11(14)17(24)26-8-10-4-16(23)22-7-9(18)2-3-15(22)21-10/h2-7H,8,20H2,1H3. The number of fused-ring (bicyclic) bond motifs is 1. The van der Waals surface area contributed by atoms with Gasteiger partial charge in [0, 0.05) is 18.3 Å². The lowest BCUT2D eigenvalue weighted by Gasteiger charge is -2.11. The molecule has 0 amide bonds. The van der Waals surface area contributed by atoms with Gasteiger partial charge in [0.2, 0.25) is 0 Å². The lowest BCUT2D eigenvalue weighted by Crippen LogP contribution is -2.16. The van der Waals surface area contributed by atoms with Gasteiger partial charge in [-0.3, -0.25) is 9.20 Å². The van der Waals surface area contributed by atoms with Gasteiger partial charge >= 0.3 is 5.97 Å². The average Bonchev–Trinajstić information content (AvgIpc) is 2.62. The highest BCUT2D eigenvalue weighted by Gasteiger charge is 2.17. The Hall–Kier alpha value is -2.77. The molecule has 0 atom stereocenters. The lowest BCUT2D eigenvalue weighted by molar-refractivity contribution is 0.0464. The number of hydrogen-bond acceptors (Lipinski definition) is 6. The number of methoxy groups -OCH3 is 1. The molecule has 0 saturated carbocycles. The number of anilines is 1. The van der Waals surface area contributed by atoms with Crippen LogP contribution in [0.2, 0.25) is 10.0 Å². The number of rotatable bonds is 4. The van der Waals surface area contributed by atoms with Crippen LogP contribution in [-0.2, 0) is 11.3 Å². The quantitative estimate of drug-likeness (QED) is 0.540. The summed E-state index contributed by atoms with van der Waals surface area (Å²) in [6, 6.07) is 7.27. The lowest BCUT2D eigenvalue weighted by atomic mass is 10.2. The van der Waals surface area contributed by atoms with E-state index in [0.29, 0.717) is 16.4 Å². The first-order valence-electron chi connectivity index (χ1n) is 7.37. The SMILES string of the molecule is COc1cc(N)c(Cl)cc1C(=O)OCc1cc(=O)n2cc(Cl)ccc2n1. The third-order valence-electron chi connectivity index (χ3n) is 3.57. The third-order valence-corrected chi connectivity index (χ3v) is 4.12. The highest BCUT2D eigenvalue weighted by molar-refractivity contribution is 6.33. The molecule has 2 N–H and O–H groups in total. The summed E-state index contributed by atoms with van der Waals surface area (Å²) in [5, 5.41) is 0.615. The molecule has 0 bridgehead atoms. The maximum Gasteiger partial charge on any atom is 0.342 e. The van der Waals surface area contributed by atoms with Crippen LogP contribution in [-0.4, -0.2) is 22.5 Å². The molecule has 0 aliphatic heterocycles. The molecule has 26 heavy (non-hydrogen) atoms. The molecule has 2 aromatic heterocycles. The Balaban J connectivity index is 1.84. The summed E-state index contributed by atoms with van der Waals surface area (Å²) in [5.41, 5.74) is 6.44. The van der Waals surface area contributed by atoms with E-state index in [-0.39, 0.29) is 34.2 Å². The number of carbonyl (C=O) groups excluding carboxylic acids is 1. The third kappa shape index (κ3) is 3.58. The Morgan fingerprint density at radius 2 is 2.04 bits per heavy atom. The van der Waals surface area contributed by atoms with Gasteiger partial charge in [0.15, 0.2) is 0 Å².